The van der Waals surface area contributed by atoms with Crippen LogP contribution in [0.1, 0.15) is 6.42 Å². The minimum atomic E-state index is -3.64. The molecule has 2 atom stereocenters. The highest BCUT2D eigenvalue weighted by atomic mass is 32.2. The van der Waals surface area contributed by atoms with Crippen molar-refractivity contribution in [2.75, 3.05) is 26.2 Å². The molecule has 1 N–H and O–H groups in total. The van der Waals surface area contributed by atoms with Crippen LogP contribution in [0.2, 0.25) is 0 Å². The number of piperidine rings is 1. The third-order valence-electron chi connectivity index (χ3n) is 4.04. The Kier molecular flexibility index (Phi) is 4.13. The number of nitro benzene ring substituents is 1. The van der Waals surface area contributed by atoms with E-state index in [9.17, 15) is 18.5 Å². The van der Waals surface area contributed by atoms with Crippen LogP contribution in [0.15, 0.2) is 29.2 Å². The highest BCUT2D eigenvalue weighted by Gasteiger charge is 2.37. The number of benzene rings is 1. The van der Waals surface area contributed by atoms with Gasteiger partial charge in [0.1, 0.15) is 0 Å². The molecule has 120 valence electrons. The van der Waals surface area contributed by atoms with Gasteiger partial charge in [0.05, 0.1) is 22.5 Å². The summed E-state index contributed by atoms with van der Waals surface area (Å²) in [5.41, 5.74) is -0.125. The van der Waals surface area contributed by atoms with Gasteiger partial charge < -0.3 is 10.1 Å². The predicted molar refractivity (Wildman–Crippen MR) is 78.0 cm³/mol. The van der Waals surface area contributed by atoms with Crippen molar-refractivity contribution in [2.45, 2.75) is 23.5 Å². The van der Waals surface area contributed by atoms with Crippen molar-refractivity contribution in [3.05, 3.63) is 34.4 Å². The van der Waals surface area contributed by atoms with Gasteiger partial charge in [-0.3, -0.25) is 10.1 Å². The molecule has 1 aromatic rings. The Morgan fingerprint density at radius 1 is 1.32 bits per heavy atom. The first-order chi connectivity index (χ1) is 10.5. The Labute approximate surface area is 128 Å². The molecule has 0 amide bonds. The van der Waals surface area contributed by atoms with Gasteiger partial charge in [-0.1, -0.05) is 0 Å². The van der Waals surface area contributed by atoms with E-state index in [1.54, 1.807) is 0 Å². The summed E-state index contributed by atoms with van der Waals surface area (Å²) in [6, 6.07) is 4.98. The minimum absolute atomic E-state index is 0.00433. The molecule has 2 aliphatic rings. The van der Waals surface area contributed by atoms with E-state index in [0.717, 1.165) is 0 Å². The van der Waals surface area contributed by atoms with Crippen molar-refractivity contribution in [1.82, 2.24) is 9.62 Å². The second-order valence-corrected chi connectivity index (χ2v) is 7.31. The van der Waals surface area contributed by atoms with E-state index in [2.05, 4.69) is 5.32 Å². The number of fused-ring (bicyclic) bond motifs is 1. The van der Waals surface area contributed by atoms with Crippen molar-refractivity contribution >= 4 is 15.7 Å². The number of rotatable bonds is 3. The molecule has 0 spiro atoms. The lowest BCUT2D eigenvalue weighted by Crippen LogP contribution is -2.59. The molecular weight excluding hydrogens is 310 g/mol. The van der Waals surface area contributed by atoms with E-state index in [4.69, 9.17) is 4.74 Å². The fourth-order valence-corrected chi connectivity index (χ4v) is 4.34. The molecule has 2 fully saturated rings. The summed E-state index contributed by atoms with van der Waals surface area (Å²) >= 11 is 0. The van der Waals surface area contributed by atoms with Crippen molar-refractivity contribution < 1.29 is 18.1 Å². The first-order valence-corrected chi connectivity index (χ1v) is 8.52. The van der Waals surface area contributed by atoms with Crippen LogP contribution in [-0.2, 0) is 14.8 Å². The van der Waals surface area contributed by atoms with Gasteiger partial charge in [-0.2, -0.15) is 4.31 Å². The van der Waals surface area contributed by atoms with Crippen LogP contribution in [0.25, 0.3) is 0 Å². The SMILES string of the molecule is O=[N+]([O-])c1ccc(S(=O)(=O)N2CCC3OCCNC3C2)cc1. The van der Waals surface area contributed by atoms with Crippen molar-refractivity contribution in [3.8, 4) is 0 Å². The van der Waals surface area contributed by atoms with Gasteiger partial charge in [-0.05, 0) is 18.6 Å². The average molecular weight is 327 g/mol. The van der Waals surface area contributed by atoms with Gasteiger partial charge in [0.15, 0.2) is 0 Å². The van der Waals surface area contributed by atoms with Crippen molar-refractivity contribution in [1.29, 1.82) is 0 Å². The molecule has 2 heterocycles. The molecule has 0 radical (unpaired) electrons. The number of non-ortho nitro benzene ring substituents is 1. The van der Waals surface area contributed by atoms with Gasteiger partial charge in [-0.15, -0.1) is 0 Å². The van der Waals surface area contributed by atoms with Crippen LogP contribution in [0.4, 0.5) is 5.69 Å². The fourth-order valence-electron chi connectivity index (χ4n) is 2.86. The minimum Gasteiger partial charge on any atom is -0.375 e. The molecule has 0 aromatic heterocycles. The maximum absolute atomic E-state index is 12.6. The number of hydrogen-bond donors (Lipinski definition) is 1. The molecule has 1 aromatic carbocycles. The highest BCUT2D eigenvalue weighted by molar-refractivity contribution is 7.89. The lowest BCUT2D eigenvalue weighted by atomic mass is 10.0. The molecule has 0 aliphatic carbocycles. The summed E-state index contributed by atoms with van der Waals surface area (Å²) in [7, 11) is -3.64. The van der Waals surface area contributed by atoms with Gasteiger partial charge in [0.2, 0.25) is 10.0 Å². The second-order valence-electron chi connectivity index (χ2n) is 5.37. The van der Waals surface area contributed by atoms with E-state index in [1.807, 2.05) is 0 Å². The topological polar surface area (TPSA) is 102 Å². The quantitative estimate of drug-likeness (QED) is 0.635. The zero-order chi connectivity index (χ0) is 15.7. The summed E-state index contributed by atoms with van der Waals surface area (Å²) in [5.74, 6) is 0. The number of hydrogen-bond acceptors (Lipinski definition) is 6. The predicted octanol–water partition coefficient (Wildman–Crippen LogP) is 0.346. The van der Waals surface area contributed by atoms with Gasteiger partial charge >= 0.3 is 0 Å². The van der Waals surface area contributed by atoms with Gasteiger partial charge in [0.25, 0.3) is 5.69 Å². The molecule has 0 saturated carbocycles. The largest absolute Gasteiger partial charge is 0.375 e. The molecule has 22 heavy (non-hydrogen) atoms. The second kappa shape index (κ2) is 5.92. The Bertz CT molecular complexity index is 661. The van der Waals surface area contributed by atoms with Crippen molar-refractivity contribution in [3.63, 3.8) is 0 Å². The molecule has 3 rings (SSSR count). The van der Waals surface area contributed by atoms with Crippen molar-refractivity contribution in [2.24, 2.45) is 0 Å². The standard InChI is InChI=1S/C13H17N3O5S/c17-16(18)10-1-3-11(4-2-10)22(19,20)15-7-5-13-12(9-15)14-6-8-21-13/h1-4,12-14H,5-9H2. The number of nitrogens with zero attached hydrogens (tertiary/aromatic N) is 2. The Morgan fingerprint density at radius 3 is 2.73 bits per heavy atom. The summed E-state index contributed by atoms with van der Waals surface area (Å²) in [4.78, 5) is 10.2. The van der Waals surface area contributed by atoms with E-state index >= 15 is 0 Å². The van der Waals surface area contributed by atoms with E-state index in [0.29, 0.717) is 32.7 Å². The van der Waals surface area contributed by atoms with Gasteiger partial charge in [0, 0.05) is 37.8 Å². The van der Waals surface area contributed by atoms with Crippen LogP contribution < -0.4 is 5.32 Å². The third kappa shape index (κ3) is 2.84. The summed E-state index contributed by atoms with van der Waals surface area (Å²) in [6.45, 7) is 2.11. The molecule has 0 bridgehead atoms. The number of nitro groups is 1. The molecular formula is C13H17N3O5S. The van der Waals surface area contributed by atoms with Crippen LogP contribution in [0.3, 0.4) is 0 Å². The van der Waals surface area contributed by atoms with E-state index < -0.39 is 14.9 Å². The van der Waals surface area contributed by atoms with Crippen LogP contribution >= 0.6 is 0 Å². The number of nitrogens with one attached hydrogen (secondary N) is 1. The fraction of sp³-hybridized carbons (Fsp3) is 0.538. The molecule has 9 heteroatoms. The lowest BCUT2D eigenvalue weighted by Gasteiger charge is -2.40. The van der Waals surface area contributed by atoms with E-state index in [1.165, 1.54) is 28.6 Å². The molecule has 8 nitrogen and oxygen atoms in total. The van der Waals surface area contributed by atoms with E-state index in [-0.39, 0.29) is 22.7 Å². The van der Waals surface area contributed by atoms with Gasteiger partial charge in [-0.25, -0.2) is 8.42 Å². The number of morpholine rings is 1. The summed E-state index contributed by atoms with van der Waals surface area (Å²) in [6.07, 6.45) is 0.696. The zero-order valence-electron chi connectivity index (χ0n) is 11.8. The van der Waals surface area contributed by atoms with Crippen LogP contribution in [0, 0.1) is 10.1 Å². The maximum atomic E-state index is 12.6. The average Bonchev–Trinajstić information content (AvgIpc) is 2.54. The Balaban J connectivity index is 1.79. The summed E-state index contributed by atoms with van der Waals surface area (Å²) < 4.78 is 32.3. The normalized spacial score (nSPS) is 26.4. The highest BCUT2D eigenvalue weighted by Crippen LogP contribution is 2.24. The maximum Gasteiger partial charge on any atom is 0.269 e. The summed E-state index contributed by atoms with van der Waals surface area (Å²) in [5, 5.41) is 13.9. The smallest absolute Gasteiger partial charge is 0.269 e. The Morgan fingerprint density at radius 2 is 2.05 bits per heavy atom. The molecule has 2 aliphatic heterocycles. The first-order valence-electron chi connectivity index (χ1n) is 7.08. The monoisotopic (exact) mass is 327 g/mol. The zero-order valence-corrected chi connectivity index (χ0v) is 12.7. The first kappa shape index (κ1) is 15.3. The molecule has 2 saturated heterocycles. The van der Waals surface area contributed by atoms with Crippen LogP contribution in [0.5, 0.6) is 0 Å². The number of sulfonamides is 1. The van der Waals surface area contributed by atoms with Crippen LogP contribution in [-0.4, -0.2) is 56.0 Å². The number of ether oxygens (including phenoxy) is 1. The molecule has 2 unspecified atom stereocenters. The third-order valence-corrected chi connectivity index (χ3v) is 5.92. The Hall–Kier alpha value is -1.55. The lowest BCUT2D eigenvalue weighted by molar-refractivity contribution is -0.384.